The summed E-state index contributed by atoms with van der Waals surface area (Å²) in [6.07, 6.45) is -0.860. The van der Waals surface area contributed by atoms with E-state index in [1.165, 1.54) is 23.8 Å². The Morgan fingerprint density at radius 3 is 2.79 bits per heavy atom. The molecule has 0 spiro atoms. The van der Waals surface area contributed by atoms with Gasteiger partial charge in [-0.2, -0.15) is 0 Å². The Bertz CT molecular complexity index is 682. The maximum absolute atomic E-state index is 12.7. The summed E-state index contributed by atoms with van der Waals surface area (Å²) < 4.78 is 10.7. The number of ether oxygens (including phenoxy) is 2. The molecule has 1 aromatic rings. The molecule has 0 aromatic heterocycles. The highest BCUT2D eigenvalue weighted by Crippen LogP contribution is 2.40. The van der Waals surface area contributed by atoms with Crippen LogP contribution in [-0.2, 0) is 19.1 Å². The normalized spacial score (nSPS) is 24.3. The zero-order valence-electron chi connectivity index (χ0n) is 13.0. The minimum absolute atomic E-state index is 0.145. The first-order chi connectivity index (χ1) is 11.6. The fraction of sp³-hybridized carbons (Fsp3) is 0.375. The van der Waals surface area contributed by atoms with Gasteiger partial charge in [-0.3, -0.25) is 9.69 Å². The number of esters is 1. The topological polar surface area (TPSA) is 81.9 Å². The lowest BCUT2D eigenvalue weighted by Gasteiger charge is -2.48. The Kier molecular flexibility index (Phi) is 5.15. The summed E-state index contributed by atoms with van der Waals surface area (Å²) in [6.45, 7) is 0. The number of nitrogens with two attached hydrogens (primary N) is 1. The smallest absolute Gasteiger partial charge is 0.357 e. The molecule has 24 heavy (non-hydrogen) atoms. The predicted molar refractivity (Wildman–Crippen MR) is 91.1 cm³/mol. The number of fused-ring (bicyclic) bond motifs is 1. The van der Waals surface area contributed by atoms with Crippen LogP contribution in [-0.4, -0.2) is 46.9 Å². The van der Waals surface area contributed by atoms with E-state index >= 15 is 0 Å². The SMILES string of the molecule is COC(OC(=O)C1=C(CCl)CS[C@H]2C(N)C(=O)N12)c1ccccc1. The number of benzene rings is 1. The van der Waals surface area contributed by atoms with Crippen molar-refractivity contribution in [2.45, 2.75) is 17.7 Å². The van der Waals surface area contributed by atoms with Crippen LogP contribution in [0.2, 0.25) is 0 Å². The van der Waals surface area contributed by atoms with Crippen molar-refractivity contribution in [3.63, 3.8) is 0 Å². The summed E-state index contributed by atoms with van der Waals surface area (Å²) in [5, 5.41) is -0.246. The Labute approximate surface area is 148 Å². The molecule has 2 aliphatic rings. The lowest BCUT2D eigenvalue weighted by molar-refractivity contribution is -0.175. The van der Waals surface area contributed by atoms with E-state index in [1.54, 1.807) is 12.1 Å². The highest BCUT2D eigenvalue weighted by Gasteiger charge is 2.52. The second kappa shape index (κ2) is 7.14. The van der Waals surface area contributed by atoms with Crippen molar-refractivity contribution in [2.24, 2.45) is 5.73 Å². The van der Waals surface area contributed by atoms with Crippen molar-refractivity contribution >= 4 is 35.2 Å². The van der Waals surface area contributed by atoms with Gasteiger partial charge < -0.3 is 15.2 Å². The number of nitrogens with zero attached hydrogens (tertiary/aromatic N) is 1. The van der Waals surface area contributed by atoms with E-state index in [0.29, 0.717) is 16.9 Å². The summed E-state index contributed by atoms with van der Waals surface area (Å²) >= 11 is 7.45. The van der Waals surface area contributed by atoms with Crippen molar-refractivity contribution in [3.8, 4) is 0 Å². The van der Waals surface area contributed by atoms with Gasteiger partial charge in [-0.25, -0.2) is 4.79 Å². The molecule has 2 aliphatic heterocycles. The number of amides is 1. The van der Waals surface area contributed by atoms with Gasteiger partial charge in [0.15, 0.2) is 0 Å². The average Bonchev–Trinajstić information content (AvgIpc) is 2.64. The molecule has 6 nitrogen and oxygen atoms in total. The van der Waals surface area contributed by atoms with Gasteiger partial charge in [0.2, 0.25) is 12.2 Å². The number of hydrogen-bond acceptors (Lipinski definition) is 6. The van der Waals surface area contributed by atoms with Gasteiger partial charge >= 0.3 is 5.97 Å². The van der Waals surface area contributed by atoms with E-state index in [1.807, 2.05) is 18.2 Å². The number of β-lactam (4-membered cyclic amide) rings is 1. The monoisotopic (exact) mass is 368 g/mol. The Balaban J connectivity index is 1.84. The molecule has 3 rings (SSSR count). The van der Waals surface area contributed by atoms with E-state index in [-0.39, 0.29) is 22.9 Å². The van der Waals surface area contributed by atoms with Gasteiger partial charge in [0.1, 0.15) is 17.1 Å². The molecule has 0 bridgehead atoms. The van der Waals surface area contributed by atoms with Gasteiger partial charge in [-0.1, -0.05) is 30.3 Å². The second-order valence-electron chi connectivity index (χ2n) is 5.41. The molecule has 0 aliphatic carbocycles. The van der Waals surface area contributed by atoms with Crippen molar-refractivity contribution < 1.29 is 19.1 Å². The molecule has 1 aromatic carbocycles. The molecule has 3 atom stereocenters. The molecule has 2 heterocycles. The van der Waals surface area contributed by atoms with Gasteiger partial charge in [0, 0.05) is 24.3 Å². The number of alkyl halides is 1. The van der Waals surface area contributed by atoms with Crippen LogP contribution in [0.4, 0.5) is 0 Å². The maximum Gasteiger partial charge on any atom is 0.357 e. The predicted octanol–water partition coefficient (Wildman–Crippen LogP) is 1.61. The Morgan fingerprint density at radius 2 is 2.17 bits per heavy atom. The highest BCUT2D eigenvalue weighted by molar-refractivity contribution is 8.00. The van der Waals surface area contributed by atoms with Crippen molar-refractivity contribution in [1.29, 1.82) is 0 Å². The molecule has 128 valence electrons. The number of rotatable bonds is 5. The first-order valence-electron chi connectivity index (χ1n) is 7.35. The number of thioether (sulfide) groups is 1. The molecule has 1 amide bonds. The molecule has 0 saturated carbocycles. The summed E-state index contributed by atoms with van der Waals surface area (Å²) in [6, 6.07) is 8.50. The first-order valence-corrected chi connectivity index (χ1v) is 8.93. The first kappa shape index (κ1) is 17.3. The molecule has 1 saturated heterocycles. The van der Waals surface area contributed by atoms with Crippen LogP contribution in [0.3, 0.4) is 0 Å². The fourth-order valence-electron chi connectivity index (χ4n) is 2.69. The lowest BCUT2D eigenvalue weighted by Crippen LogP contribution is -2.68. The summed E-state index contributed by atoms with van der Waals surface area (Å²) in [5.74, 6) is -0.243. The van der Waals surface area contributed by atoms with Crippen LogP contribution in [0.5, 0.6) is 0 Å². The molecule has 8 heteroatoms. The fourth-order valence-corrected chi connectivity index (χ4v) is 4.31. The summed E-state index contributed by atoms with van der Waals surface area (Å²) in [4.78, 5) is 26.1. The van der Waals surface area contributed by atoms with Gasteiger partial charge in [0.05, 0.1) is 0 Å². The quantitative estimate of drug-likeness (QED) is 0.368. The van der Waals surface area contributed by atoms with Crippen molar-refractivity contribution in [1.82, 2.24) is 4.90 Å². The van der Waals surface area contributed by atoms with Gasteiger partial charge in [-0.05, 0) is 5.57 Å². The lowest BCUT2D eigenvalue weighted by atomic mass is 10.0. The largest absolute Gasteiger partial charge is 0.427 e. The van der Waals surface area contributed by atoms with E-state index in [4.69, 9.17) is 26.8 Å². The molecule has 2 N–H and O–H groups in total. The standard InChI is InChI=1S/C16H17ClN2O4S/c1-22-16(9-5-3-2-4-6-9)23-15(21)12-10(7-17)8-24-14-11(18)13(20)19(12)14/h2-6,11,14,16H,7-8,18H2,1H3/t11?,14-,16?/m0/s1. The zero-order chi connectivity index (χ0) is 17.3. The number of methoxy groups -OCH3 is 1. The van der Waals surface area contributed by atoms with Gasteiger partial charge in [-0.15, -0.1) is 23.4 Å². The van der Waals surface area contributed by atoms with Crippen molar-refractivity contribution in [2.75, 3.05) is 18.7 Å². The zero-order valence-corrected chi connectivity index (χ0v) is 14.5. The van der Waals surface area contributed by atoms with E-state index < -0.39 is 18.3 Å². The van der Waals surface area contributed by atoms with Crippen molar-refractivity contribution in [3.05, 3.63) is 47.2 Å². The number of halogens is 1. The third-order valence-corrected chi connectivity index (χ3v) is 5.63. The maximum atomic E-state index is 12.7. The van der Waals surface area contributed by atoms with Crippen LogP contribution in [0.15, 0.2) is 41.6 Å². The average molecular weight is 369 g/mol. The molecule has 1 fully saturated rings. The van der Waals surface area contributed by atoms with Crippen LogP contribution < -0.4 is 5.73 Å². The molecular weight excluding hydrogens is 352 g/mol. The molecule has 0 radical (unpaired) electrons. The van der Waals surface area contributed by atoms with Gasteiger partial charge in [0.25, 0.3) is 0 Å². The van der Waals surface area contributed by atoms with Crippen LogP contribution in [0.25, 0.3) is 0 Å². The van der Waals surface area contributed by atoms with E-state index in [9.17, 15) is 9.59 Å². The highest BCUT2D eigenvalue weighted by atomic mass is 35.5. The van der Waals surface area contributed by atoms with Crippen LogP contribution in [0.1, 0.15) is 11.9 Å². The van der Waals surface area contributed by atoms with Crippen LogP contribution >= 0.6 is 23.4 Å². The Hall–Kier alpha value is -1.54. The minimum atomic E-state index is -0.860. The Morgan fingerprint density at radius 1 is 1.46 bits per heavy atom. The molecule has 2 unspecified atom stereocenters. The third kappa shape index (κ3) is 2.93. The minimum Gasteiger partial charge on any atom is -0.427 e. The third-order valence-electron chi connectivity index (χ3n) is 3.94. The van der Waals surface area contributed by atoms with E-state index in [0.717, 1.165) is 0 Å². The van der Waals surface area contributed by atoms with E-state index in [2.05, 4.69) is 0 Å². The number of carbonyl (C=O) groups is 2. The summed E-state index contributed by atoms with van der Waals surface area (Å²) in [5.41, 5.74) is 7.35. The second-order valence-corrected chi connectivity index (χ2v) is 6.78. The number of hydrogen-bond donors (Lipinski definition) is 1. The molecular formula is C16H17ClN2O4S. The number of carbonyl (C=O) groups excluding carboxylic acids is 2. The summed E-state index contributed by atoms with van der Waals surface area (Å²) in [7, 11) is 1.45. The van der Waals surface area contributed by atoms with Crippen LogP contribution in [0, 0.1) is 0 Å².